The van der Waals surface area contributed by atoms with E-state index in [1.54, 1.807) is 0 Å². The maximum Gasteiger partial charge on any atom is 0.123 e. The van der Waals surface area contributed by atoms with Gasteiger partial charge in [-0.2, -0.15) is 0 Å². The lowest BCUT2D eigenvalue weighted by Gasteiger charge is -2.11. The minimum atomic E-state index is -0.210. The van der Waals surface area contributed by atoms with E-state index in [1.807, 2.05) is 24.3 Å². The van der Waals surface area contributed by atoms with Gasteiger partial charge in [-0.05, 0) is 57.3 Å². The summed E-state index contributed by atoms with van der Waals surface area (Å²) in [7, 11) is 0. The molecule has 0 heterocycles. The molecule has 4 aromatic rings. The molecule has 0 atom stereocenters. The van der Waals surface area contributed by atoms with E-state index >= 15 is 0 Å². The number of hydrogen-bond donors (Lipinski definition) is 0. The molecule has 0 saturated carbocycles. The third-order valence-electron chi connectivity index (χ3n) is 4.12. The van der Waals surface area contributed by atoms with Gasteiger partial charge in [-0.15, -0.1) is 0 Å². The SMILES string of the molecule is Fc1ccc(-c2cc(-c3ccccc3)c3ccccc3c2)cc1. The topological polar surface area (TPSA) is 0 Å². The Morgan fingerprint density at radius 3 is 2.00 bits per heavy atom. The van der Waals surface area contributed by atoms with Crippen LogP contribution in [0.25, 0.3) is 33.0 Å². The quantitative estimate of drug-likeness (QED) is 0.406. The molecule has 0 spiro atoms. The molecule has 0 fully saturated rings. The molecule has 0 radical (unpaired) electrons. The van der Waals surface area contributed by atoms with Crippen molar-refractivity contribution < 1.29 is 4.39 Å². The molecule has 0 amide bonds. The molecule has 0 nitrogen and oxygen atoms in total. The minimum Gasteiger partial charge on any atom is -0.207 e. The van der Waals surface area contributed by atoms with Crippen molar-refractivity contribution in [1.29, 1.82) is 0 Å². The number of rotatable bonds is 2. The molecule has 1 heteroatoms. The summed E-state index contributed by atoms with van der Waals surface area (Å²) in [6.45, 7) is 0. The predicted molar refractivity (Wildman–Crippen MR) is 94.8 cm³/mol. The number of benzene rings is 4. The lowest BCUT2D eigenvalue weighted by Crippen LogP contribution is -1.85. The van der Waals surface area contributed by atoms with Gasteiger partial charge in [-0.3, -0.25) is 0 Å². The molecule has 0 saturated heterocycles. The fraction of sp³-hybridized carbons (Fsp3) is 0. The highest BCUT2D eigenvalue weighted by molar-refractivity contribution is 6.00. The highest BCUT2D eigenvalue weighted by Gasteiger charge is 2.07. The van der Waals surface area contributed by atoms with Crippen molar-refractivity contribution in [3.05, 3.63) is 96.8 Å². The zero-order valence-corrected chi connectivity index (χ0v) is 12.5. The zero-order chi connectivity index (χ0) is 15.6. The Bertz CT molecular complexity index is 954. The summed E-state index contributed by atoms with van der Waals surface area (Å²) in [5.41, 5.74) is 4.51. The molecular formula is C22H15F. The second-order valence-electron chi connectivity index (χ2n) is 5.62. The molecule has 0 bridgehead atoms. The molecule has 0 aliphatic carbocycles. The van der Waals surface area contributed by atoms with Crippen LogP contribution in [0.3, 0.4) is 0 Å². The highest BCUT2D eigenvalue weighted by atomic mass is 19.1. The Hall–Kier alpha value is -2.93. The van der Waals surface area contributed by atoms with Gasteiger partial charge in [0.25, 0.3) is 0 Å². The monoisotopic (exact) mass is 298 g/mol. The van der Waals surface area contributed by atoms with Crippen LogP contribution in [0.1, 0.15) is 0 Å². The Labute approximate surface area is 134 Å². The number of halogens is 1. The lowest BCUT2D eigenvalue weighted by molar-refractivity contribution is 0.628. The molecule has 110 valence electrons. The van der Waals surface area contributed by atoms with E-state index in [-0.39, 0.29) is 5.82 Å². The number of fused-ring (bicyclic) bond motifs is 1. The van der Waals surface area contributed by atoms with E-state index in [0.29, 0.717) is 0 Å². The van der Waals surface area contributed by atoms with Crippen LogP contribution in [0.2, 0.25) is 0 Å². The fourth-order valence-corrected chi connectivity index (χ4v) is 2.98. The van der Waals surface area contributed by atoms with Crippen LogP contribution in [0, 0.1) is 5.82 Å². The highest BCUT2D eigenvalue weighted by Crippen LogP contribution is 2.34. The van der Waals surface area contributed by atoms with Gasteiger partial charge in [0.05, 0.1) is 0 Å². The maximum absolute atomic E-state index is 13.2. The van der Waals surface area contributed by atoms with Crippen molar-refractivity contribution in [2.24, 2.45) is 0 Å². The first-order valence-electron chi connectivity index (χ1n) is 7.65. The summed E-state index contributed by atoms with van der Waals surface area (Å²) in [6, 6.07) is 29.8. The molecule has 0 aliphatic rings. The van der Waals surface area contributed by atoms with Crippen molar-refractivity contribution in [2.45, 2.75) is 0 Å². The Morgan fingerprint density at radius 2 is 1.22 bits per heavy atom. The van der Waals surface area contributed by atoms with E-state index < -0.39 is 0 Å². The van der Waals surface area contributed by atoms with E-state index in [2.05, 4.69) is 54.6 Å². The van der Waals surface area contributed by atoms with E-state index in [9.17, 15) is 4.39 Å². The van der Waals surface area contributed by atoms with E-state index in [4.69, 9.17) is 0 Å². The molecule has 0 aromatic heterocycles. The van der Waals surface area contributed by atoms with E-state index in [0.717, 1.165) is 11.1 Å². The predicted octanol–water partition coefficient (Wildman–Crippen LogP) is 6.31. The average Bonchev–Trinajstić information content (AvgIpc) is 2.62. The Kier molecular flexibility index (Phi) is 3.39. The molecular weight excluding hydrogens is 283 g/mol. The average molecular weight is 298 g/mol. The van der Waals surface area contributed by atoms with Crippen LogP contribution in [-0.4, -0.2) is 0 Å². The van der Waals surface area contributed by atoms with Gasteiger partial charge < -0.3 is 0 Å². The summed E-state index contributed by atoms with van der Waals surface area (Å²) >= 11 is 0. The second kappa shape index (κ2) is 5.69. The van der Waals surface area contributed by atoms with Crippen molar-refractivity contribution >= 4 is 10.8 Å². The van der Waals surface area contributed by atoms with Crippen molar-refractivity contribution in [3.63, 3.8) is 0 Å². The molecule has 23 heavy (non-hydrogen) atoms. The molecule has 4 aromatic carbocycles. The number of hydrogen-bond acceptors (Lipinski definition) is 0. The maximum atomic E-state index is 13.2. The first-order valence-corrected chi connectivity index (χ1v) is 7.65. The molecule has 0 unspecified atom stereocenters. The summed E-state index contributed by atoms with van der Waals surface area (Å²) in [5.74, 6) is -0.210. The normalized spacial score (nSPS) is 10.8. The van der Waals surface area contributed by atoms with Gasteiger partial charge in [0.15, 0.2) is 0 Å². The third kappa shape index (κ3) is 2.62. The molecule has 4 rings (SSSR count). The Morgan fingerprint density at radius 1 is 0.522 bits per heavy atom. The van der Waals surface area contributed by atoms with Crippen LogP contribution in [0.5, 0.6) is 0 Å². The van der Waals surface area contributed by atoms with Crippen molar-refractivity contribution in [1.82, 2.24) is 0 Å². The first kappa shape index (κ1) is 13.7. The van der Waals surface area contributed by atoms with Crippen molar-refractivity contribution in [2.75, 3.05) is 0 Å². The van der Waals surface area contributed by atoms with Gasteiger partial charge in [0.2, 0.25) is 0 Å². The smallest absolute Gasteiger partial charge is 0.123 e. The van der Waals surface area contributed by atoms with E-state index in [1.165, 1.54) is 34.0 Å². The molecule has 0 N–H and O–H groups in total. The summed E-state index contributed by atoms with van der Waals surface area (Å²) in [4.78, 5) is 0. The largest absolute Gasteiger partial charge is 0.207 e. The standard InChI is InChI=1S/C22H15F/c23-20-12-10-16(11-13-20)19-14-18-8-4-5-9-21(18)22(15-19)17-6-2-1-3-7-17/h1-15H. The third-order valence-corrected chi connectivity index (χ3v) is 4.12. The minimum absolute atomic E-state index is 0.210. The first-order chi connectivity index (χ1) is 11.3. The van der Waals surface area contributed by atoms with Gasteiger partial charge in [0, 0.05) is 0 Å². The van der Waals surface area contributed by atoms with Crippen LogP contribution in [0.4, 0.5) is 4.39 Å². The van der Waals surface area contributed by atoms with Crippen LogP contribution < -0.4 is 0 Å². The summed E-state index contributed by atoms with van der Waals surface area (Å²) < 4.78 is 13.2. The van der Waals surface area contributed by atoms with Gasteiger partial charge in [-0.1, -0.05) is 66.7 Å². The summed E-state index contributed by atoms with van der Waals surface area (Å²) in [5, 5.41) is 2.41. The van der Waals surface area contributed by atoms with Gasteiger partial charge >= 0.3 is 0 Å². The zero-order valence-electron chi connectivity index (χ0n) is 12.5. The van der Waals surface area contributed by atoms with Crippen LogP contribution in [0.15, 0.2) is 91.0 Å². The van der Waals surface area contributed by atoms with Gasteiger partial charge in [0.1, 0.15) is 5.82 Å². The van der Waals surface area contributed by atoms with Crippen molar-refractivity contribution in [3.8, 4) is 22.3 Å². The lowest BCUT2D eigenvalue weighted by atomic mass is 9.93. The fourth-order valence-electron chi connectivity index (χ4n) is 2.98. The van der Waals surface area contributed by atoms with Crippen LogP contribution in [-0.2, 0) is 0 Å². The second-order valence-corrected chi connectivity index (χ2v) is 5.62. The summed E-state index contributed by atoms with van der Waals surface area (Å²) in [6.07, 6.45) is 0. The Balaban J connectivity index is 1.99. The molecule has 0 aliphatic heterocycles. The van der Waals surface area contributed by atoms with Crippen LogP contribution >= 0.6 is 0 Å². The van der Waals surface area contributed by atoms with Gasteiger partial charge in [-0.25, -0.2) is 4.39 Å².